The lowest BCUT2D eigenvalue weighted by atomic mass is 10.2. The van der Waals surface area contributed by atoms with Gasteiger partial charge in [0, 0.05) is 12.1 Å². The second kappa shape index (κ2) is 2.22. The first-order chi connectivity index (χ1) is 6.36. The minimum atomic E-state index is 0.614. The summed E-state index contributed by atoms with van der Waals surface area (Å²) in [6, 6.07) is 0. The first-order valence-corrected chi connectivity index (χ1v) is 4.43. The van der Waals surface area contributed by atoms with Crippen molar-refractivity contribution in [3.63, 3.8) is 0 Å². The number of fused-ring (bicyclic) bond motifs is 1. The van der Waals surface area contributed by atoms with Crippen molar-refractivity contribution in [3.8, 4) is 0 Å². The van der Waals surface area contributed by atoms with Gasteiger partial charge in [0.15, 0.2) is 0 Å². The molecule has 0 radical (unpaired) electrons. The number of nitrogens with two attached hydrogens (primary N) is 1. The van der Waals surface area contributed by atoms with E-state index in [1.54, 1.807) is 12.5 Å². The largest absolute Gasteiger partial charge is 0.397 e. The number of rotatable bonds is 1. The molecule has 3 rings (SSSR count). The number of hydrogen-bond donors (Lipinski definition) is 2. The van der Waals surface area contributed by atoms with Crippen LogP contribution in [0.2, 0.25) is 0 Å². The van der Waals surface area contributed by atoms with Crippen LogP contribution >= 0.6 is 0 Å². The van der Waals surface area contributed by atoms with E-state index in [0.29, 0.717) is 5.92 Å². The molecule has 0 atom stereocenters. The Morgan fingerprint density at radius 1 is 1.38 bits per heavy atom. The fourth-order valence-electron chi connectivity index (χ4n) is 1.68. The van der Waals surface area contributed by atoms with E-state index in [9.17, 15) is 0 Å². The van der Waals surface area contributed by atoms with E-state index in [-0.39, 0.29) is 0 Å². The number of H-pyrrole nitrogens is 1. The van der Waals surface area contributed by atoms with Gasteiger partial charge >= 0.3 is 0 Å². The van der Waals surface area contributed by atoms with Crippen LogP contribution in [0, 0.1) is 0 Å². The average Bonchev–Trinajstić information content (AvgIpc) is 2.92. The summed E-state index contributed by atoms with van der Waals surface area (Å²) in [5.74, 6) is 0.614. The Balaban J connectivity index is 2.36. The summed E-state index contributed by atoms with van der Waals surface area (Å²) >= 11 is 0. The summed E-state index contributed by atoms with van der Waals surface area (Å²) in [5.41, 5.74) is 8.56. The highest BCUT2D eigenvalue weighted by Gasteiger charge is 2.28. The lowest BCUT2D eigenvalue weighted by molar-refractivity contribution is 1.02. The summed E-state index contributed by atoms with van der Waals surface area (Å²) in [7, 11) is 0. The first-order valence-electron chi connectivity index (χ1n) is 4.43. The Hall–Kier alpha value is -1.58. The third kappa shape index (κ3) is 0.915. The molecule has 66 valence electrons. The second-order valence-electron chi connectivity index (χ2n) is 3.50. The van der Waals surface area contributed by atoms with Crippen LogP contribution in [0.15, 0.2) is 12.5 Å². The average molecular weight is 174 g/mol. The van der Waals surface area contributed by atoms with Crippen molar-refractivity contribution in [1.29, 1.82) is 0 Å². The number of nitrogens with one attached hydrogen (secondary N) is 1. The zero-order valence-corrected chi connectivity index (χ0v) is 7.12. The number of aromatic amines is 1. The minimum absolute atomic E-state index is 0.614. The van der Waals surface area contributed by atoms with Crippen molar-refractivity contribution in [2.75, 3.05) is 5.73 Å². The second-order valence-corrected chi connectivity index (χ2v) is 3.50. The van der Waals surface area contributed by atoms with Gasteiger partial charge in [0.25, 0.3) is 0 Å². The van der Waals surface area contributed by atoms with Crippen molar-refractivity contribution >= 4 is 16.7 Å². The normalized spacial score (nSPS) is 16.6. The van der Waals surface area contributed by atoms with Crippen molar-refractivity contribution in [2.45, 2.75) is 18.8 Å². The van der Waals surface area contributed by atoms with Gasteiger partial charge in [-0.25, -0.2) is 9.97 Å². The maximum Gasteiger partial charge on any atom is 0.143 e. The van der Waals surface area contributed by atoms with Crippen LogP contribution in [-0.2, 0) is 0 Å². The minimum Gasteiger partial charge on any atom is -0.397 e. The Bertz CT molecular complexity index is 456. The smallest absolute Gasteiger partial charge is 0.143 e. The molecule has 2 heterocycles. The molecule has 4 heteroatoms. The SMILES string of the molecule is Nc1c[nH]c2ncnc(C3CC3)c12. The summed E-state index contributed by atoms with van der Waals surface area (Å²) in [4.78, 5) is 11.5. The van der Waals surface area contributed by atoms with Gasteiger partial charge in [-0.1, -0.05) is 0 Å². The molecule has 0 spiro atoms. The summed E-state index contributed by atoms with van der Waals surface area (Å²) < 4.78 is 0. The van der Waals surface area contributed by atoms with Gasteiger partial charge in [0.2, 0.25) is 0 Å². The molecule has 3 N–H and O–H groups in total. The molecule has 0 aromatic carbocycles. The highest BCUT2D eigenvalue weighted by molar-refractivity contribution is 5.91. The fraction of sp³-hybridized carbons (Fsp3) is 0.333. The van der Waals surface area contributed by atoms with Crippen LogP contribution in [0.4, 0.5) is 5.69 Å². The number of anilines is 1. The molecule has 0 bridgehead atoms. The fourth-order valence-corrected chi connectivity index (χ4v) is 1.68. The van der Waals surface area contributed by atoms with E-state index in [1.165, 1.54) is 12.8 Å². The van der Waals surface area contributed by atoms with Gasteiger partial charge in [-0.3, -0.25) is 0 Å². The Kier molecular flexibility index (Phi) is 1.17. The van der Waals surface area contributed by atoms with Gasteiger partial charge in [0.05, 0.1) is 16.8 Å². The standard InChI is InChI=1S/C9H10N4/c10-6-3-11-9-7(6)8(5-1-2-5)12-4-13-9/h3-5H,1-2,10H2,(H,11,12,13). The van der Waals surface area contributed by atoms with E-state index < -0.39 is 0 Å². The molecule has 2 aromatic heterocycles. The maximum absolute atomic E-state index is 5.83. The number of nitrogen functional groups attached to an aromatic ring is 1. The van der Waals surface area contributed by atoms with E-state index in [4.69, 9.17) is 5.73 Å². The zero-order valence-electron chi connectivity index (χ0n) is 7.12. The lowest BCUT2D eigenvalue weighted by Crippen LogP contribution is -1.92. The summed E-state index contributed by atoms with van der Waals surface area (Å²) in [5, 5.41) is 1.02. The van der Waals surface area contributed by atoms with E-state index >= 15 is 0 Å². The van der Waals surface area contributed by atoms with Crippen molar-refractivity contribution in [3.05, 3.63) is 18.2 Å². The van der Waals surface area contributed by atoms with Crippen molar-refractivity contribution in [2.24, 2.45) is 0 Å². The molecule has 13 heavy (non-hydrogen) atoms. The molecular formula is C9H10N4. The van der Waals surface area contributed by atoms with Crippen LogP contribution in [0.1, 0.15) is 24.5 Å². The molecule has 4 nitrogen and oxygen atoms in total. The number of hydrogen-bond acceptors (Lipinski definition) is 3. The summed E-state index contributed by atoms with van der Waals surface area (Å²) in [6.45, 7) is 0. The third-order valence-electron chi connectivity index (χ3n) is 2.49. The monoisotopic (exact) mass is 174 g/mol. The topological polar surface area (TPSA) is 67.6 Å². The van der Waals surface area contributed by atoms with Crippen LogP contribution in [0.5, 0.6) is 0 Å². The summed E-state index contributed by atoms with van der Waals surface area (Å²) in [6.07, 6.45) is 5.85. The molecule has 0 amide bonds. The van der Waals surface area contributed by atoms with Crippen LogP contribution in [0.25, 0.3) is 11.0 Å². The van der Waals surface area contributed by atoms with Gasteiger partial charge in [-0.15, -0.1) is 0 Å². The van der Waals surface area contributed by atoms with E-state index in [2.05, 4.69) is 15.0 Å². The molecule has 2 aromatic rings. The number of aromatic nitrogens is 3. The molecular weight excluding hydrogens is 164 g/mol. The first kappa shape index (κ1) is 6.88. The van der Waals surface area contributed by atoms with Gasteiger partial charge in [-0.2, -0.15) is 0 Å². The number of nitrogens with zero attached hydrogens (tertiary/aromatic N) is 2. The predicted octanol–water partition coefficient (Wildman–Crippen LogP) is 1.42. The lowest BCUT2D eigenvalue weighted by Gasteiger charge is -1.98. The maximum atomic E-state index is 5.83. The van der Waals surface area contributed by atoms with Gasteiger partial charge in [0.1, 0.15) is 12.0 Å². The molecule has 1 aliphatic rings. The van der Waals surface area contributed by atoms with Crippen LogP contribution in [0.3, 0.4) is 0 Å². The molecule has 0 unspecified atom stereocenters. The van der Waals surface area contributed by atoms with Crippen LogP contribution in [-0.4, -0.2) is 15.0 Å². The third-order valence-corrected chi connectivity index (χ3v) is 2.49. The Morgan fingerprint density at radius 3 is 3.00 bits per heavy atom. The van der Waals surface area contributed by atoms with Crippen molar-refractivity contribution < 1.29 is 0 Å². The molecule has 1 fully saturated rings. The highest BCUT2D eigenvalue weighted by Crippen LogP contribution is 2.42. The molecule has 1 aliphatic carbocycles. The predicted molar refractivity (Wildman–Crippen MR) is 50.3 cm³/mol. The molecule has 1 saturated carbocycles. The van der Waals surface area contributed by atoms with Crippen molar-refractivity contribution in [1.82, 2.24) is 15.0 Å². The quantitative estimate of drug-likeness (QED) is 0.687. The zero-order chi connectivity index (χ0) is 8.84. The highest BCUT2D eigenvalue weighted by atomic mass is 14.9. The van der Waals surface area contributed by atoms with E-state index in [1.807, 2.05) is 0 Å². The van der Waals surface area contributed by atoms with Gasteiger partial charge in [-0.05, 0) is 12.8 Å². The van der Waals surface area contributed by atoms with Crippen LogP contribution < -0.4 is 5.73 Å². The van der Waals surface area contributed by atoms with E-state index in [0.717, 1.165) is 22.4 Å². The van der Waals surface area contributed by atoms with Gasteiger partial charge < -0.3 is 10.7 Å². The Labute approximate surface area is 75.2 Å². The Morgan fingerprint density at radius 2 is 2.23 bits per heavy atom. The molecule has 0 saturated heterocycles. The molecule has 0 aliphatic heterocycles.